The minimum Gasteiger partial charge on any atom is -0.316 e. The average molecular weight is 274 g/mol. The summed E-state index contributed by atoms with van der Waals surface area (Å²) in [7, 11) is 0. The van der Waals surface area contributed by atoms with E-state index >= 15 is 0 Å². The molecular weight excluding hydrogens is 253 g/mol. The summed E-state index contributed by atoms with van der Waals surface area (Å²) in [5, 5.41) is 3.26. The third-order valence-corrected chi connectivity index (χ3v) is 2.82. The van der Waals surface area contributed by atoms with Gasteiger partial charge in [-0.3, -0.25) is 4.98 Å². The zero-order chi connectivity index (χ0) is 14.5. The monoisotopic (exact) mass is 274 g/mol. The summed E-state index contributed by atoms with van der Waals surface area (Å²) in [4.78, 5) is 3.80. The van der Waals surface area contributed by atoms with Crippen molar-refractivity contribution in [3.63, 3.8) is 0 Å². The predicted octanol–water partition coefficient (Wildman–Crippen LogP) is 3.52. The summed E-state index contributed by atoms with van der Waals surface area (Å²) in [6, 6.07) is 1.05. The van der Waals surface area contributed by atoms with Crippen LogP contribution >= 0.6 is 0 Å². The molecule has 1 N–H and O–H groups in total. The van der Waals surface area contributed by atoms with Gasteiger partial charge < -0.3 is 5.32 Å². The van der Waals surface area contributed by atoms with E-state index in [0.29, 0.717) is 18.9 Å². The number of halogens is 3. The number of rotatable bonds is 6. The molecule has 0 fully saturated rings. The standard InChI is InChI=1S/C14H21F3N2/c1-10(2)7-19-8-11(3)6-12-9-18-5-4-13(12)14(15,16)17/h4-5,9-11,19H,6-8H2,1-3H3. The van der Waals surface area contributed by atoms with Gasteiger partial charge in [0.25, 0.3) is 0 Å². The summed E-state index contributed by atoms with van der Waals surface area (Å²) in [6.45, 7) is 7.73. The van der Waals surface area contributed by atoms with Crippen LogP contribution in [0.15, 0.2) is 18.5 Å². The molecule has 0 amide bonds. The molecule has 19 heavy (non-hydrogen) atoms. The van der Waals surface area contributed by atoms with Crippen LogP contribution in [0.2, 0.25) is 0 Å². The van der Waals surface area contributed by atoms with E-state index < -0.39 is 11.7 Å². The van der Waals surface area contributed by atoms with Crippen LogP contribution in [-0.4, -0.2) is 18.1 Å². The van der Waals surface area contributed by atoms with Gasteiger partial charge in [-0.2, -0.15) is 13.2 Å². The Balaban J connectivity index is 2.62. The fraction of sp³-hybridized carbons (Fsp3) is 0.643. The molecule has 1 aromatic rings. The summed E-state index contributed by atoms with van der Waals surface area (Å²) < 4.78 is 38.4. The Kier molecular flexibility index (Phi) is 5.79. The molecule has 0 bridgehead atoms. The third-order valence-electron chi connectivity index (χ3n) is 2.82. The van der Waals surface area contributed by atoms with Crippen molar-refractivity contribution in [1.29, 1.82) is 0 Å². The predicted molar refractivity (Wildman–Crippen MR) is 69.8 cm³/mol. The van der Waals surface area contributed by atoms with Crippen molar-refractivity contribution in [3.8, 4) is 0 Å². The fourth-order valence-corrected chi connectivity index (χ4v) is 1.93. The van der Waals surface area contributed by atoms with Gasteiger partial charge in [-0.25, -0.2) is 0 Å². The number of aromatic nitrogens is 1. The second-order valence-electron chi connectivity index (χ2n) is 5.39. The van der Waals surface area contributed by atoms with Gasteiger partial charge in [0, 0.05) is 12.4 Å². The van der Waals surface area contributed by atoms with Crippen molar-refractivity contribution in [2.75, 3.05) is 13.1 Å². The van der Waals surface area contributed by atoms with Crippen molar-refractivity contribution in [2.45, 2.75) is 33.4 Å². The molecular formula is C14H21F3N2. The minimum atomic E-state index is -4.30. The van der Waals surface area contributed by atoms with Crippen molar-refractivity contribution in [1.82, 2.24) is 10.3 Å². The van der Waals surface area contributed by atoms with Crippen molar-refractivity contribution >= 4 is 0 Å². The molecule has 108 valence electrons. The van der Waals surface area contributed by atoms with Crippen LogP contribution in [0.25, 0.3) is 0 Å². The Morgan fingerprint density at radius 3 is 2.47 bits per heavy atom. The van der Waals surface area contributed by atoms with Crippen LogP contribution in [0.4, 0.5) is 13.2 Å². The lowest BCUT2D eigenvalue weighted by Gasteiger charge is -2.17. The highest BCUT2D eigenvalue weighted by Gasteiger charge is 2.33. The van der Waals surface area contributed by atoms with Crippen LogP contribution in [0, 0.1) is 11.8 Å². The Bertz CT molecular complexity index is 389. The highest BCUT2D eigenvalue weighted by molar-refractivity contribution is 5.26. The summed E-state index contributed by atoms with van der Waals surface area (Å²) in [5.41, 5.74) is -0.299. The SMILES string of the molecule is CC(C)CNCC(C)Cc1cnccc1C(F)(F)F. The van der Waals surface area contributed by atoms with E-state index in [4.69, 9.17) is 0 Å². The molecule has 0 aliphatic heterocycles. The van der Waals surface area contributed by atoms with Crippen LogP contribution < -0.4 is 5.32 Å². The molecule has 0 saturated heterocycles. The zero-order valence-corrected chi connectivity index (χ0v) is 11.6. The minimum absolute atomic E-state index is 0.143. The van der Waals surface area contributed by atoms with E-state index in [1.807, 2.05) is 6.92 Å². The van der Waals surface area contributed by atoms with Gasteiger partial charge in [-0.05, 0) is 43.0 Å². The normalized spacial score (nSPS) is 13.8. The summed E-state index contributed by atoms with van der Waals surface area (Å²) in [6.07, 6.45) is -1.41. The van der Waals surface area contributed by atoms with E-state index in [1.54, 1.807) is 0 Å². The van der Waals surface area contributed by atoms with Crippen LogP contribution in [0.1, 0.15) is 31.9 Å². The highest BCUT2D eigenvalue weighted by Crippen LogP contribution is 2.32. The smallest absolute Gasteiger partial charge is 0.316 e. The zero-order valence-electron chi connectivity index (χ0n) is 11.6. The van der Waals surface area contributed by atoms with E-state index in [9.17, 15) is 13.2 Å². The number of pyridine rings is 1. The second kappa shape index (κ2) is 6.89. The third kappa shape index (κ3) is 5.59. The highest BCUT2D eigenvalue weighted by atomic mass is 19.4. The molecule has 1 rings (SSSR count). The number of hydrogen-bond acceptors (Lipinski definition) is 2. The maximum atomic E-state index is 12.8. The number of alkyl halides is 3. The first-order chi connectivity index (χ1) is 8.80. The van der Waals surface area contributed by atoms with E-state index in [0.717, 1.165) is 12.6 Å². The molecule has 1 aromatic heterocycles. The summed E-state index contributed by atoms with van der Waals surface area (Å²) >= 11 is 0. The van der Waals surface area contributed by atoms with Crippen LogP contribution in [0.5, 0.6) is 0 Å². The van der Waals surface area contributed by atoms with Crippen molar-refractivity contribution in [2.24, 2.45) is 11.8 Å². The van der Waals surface area contributed by atoms with Gasteiger partial charge in [0.15, 0.2) is 0 Å². The Morgan fingerprint density at radius 2 is 1.89 bits per heavy atom. The maximum absolute atomic E-state index is 12.8. The largest absolute Gasteiger partial charge is 0.416 e. The van der Waals surface area contributed by atoms with Crippen molar-refractivity contribution in [3.05, 3.63) is 29.6 Å². The molecule has 0 radical (unpaired) electrons. The molecule has 1 atom stereocenters. The lowest BCUT2D eigenvalue weighted by Crippen LogP contribution is -2.26. The molecule has 5 heteroatoms. The van der Waals surface area contributed by atoms with Crippen LogP contribution in [-0.2, 0) is 12.6 Å². The molecule has 0 aliphatic rings. The lowest BCUT2D eigenvalue weighted by atomic mass is 9.98. The first-order valence-corrected chi connectivity index (χ1v) is 6.51. The number of hydrogen-bond donors (Lipinski definition) is 1. The summed E-state index contributed by atoms with van der Waals surface area (Å²) in [5.74, 6) is 0.681. The number of nitrogens with zero attached hydrogens (tertiary/aromatic N) is 1. The van der Waals surface area contributed by atoms with Gasteiger partial charge in [-0.1, -0.05) is 20.8 Å². The van der Waals surface area contributed by atoms with Crippen molar-refractivity contribution < 1.29 is 13.2 Å². The Hall–Kier alpha value is -1.10. The first-order valence-electron chi connectivity index (χ1n) is 6.51. The van der Waals surface area contributed by atoms with Gasteiger partial charge in [0.1, 0.15) is 0 Å². The molecule has 1 heterocycles. The van der Waals surface area contributed by atoms with Gasteiger partial charge in [-0.15, -0.1) is 0 Å². The molecule has 0 aliphatic carbocycles. The quantitative estimate of drug-likeness (QED) is 0.858. The molecule has 0 aromatic carbocycles. The fourth-order valence-electron chi connectivity index (χ4n) is 1.93. The average Bonchev–Trinajstić information content (AvgIpc) is 2.27. The topological polar surface area (TPSA) is 24.9 Å². The first kappa shape index (κ1) is 16.0. The van der Waals surface area contributed by atoms with Gasteiger partial charge >= 0.3 is 6.18 Å². The molecule has 2 nitrogen and oxygen atoms in total. The molecule has 0 saturated carbocycles. The molecule has 1 unspecified atom stereocenters. The van der Waals surface area contributed by atoms with E-state index in [-0.39, 0.29) is 11.5 Å². The van der Waals surface area contributed by atoms with Crippen LogP contribution in [0.3, 0.4) is 0 Å². The Morgan fingerprint density at radius 1 is 1.21 bits per heavy atom. The van der Waals surface area contributed by atoms with Gasteiger partial charge in [0.05, 0.1) is 5.56 Å². The lowest BCUT2D eigenvalue weighted by molar-refractivity contribution is -0.138. The maximum Gasteiger partial charge on any atom is 0.416 e. The second-order valence-corrected chi connectivity index (χ2v) is 5.39. The Labute approximate surface area is 112 Å². The van der Waals surface area contributed by atoms with Gasteiger partial charge in [0.2, 0.25) is 0 Å². The van der Waals surface area contributed by atoms with E-state index in [2.05, 4.69) is 24.1 Å². The molecule has 0 spiro atoms. The number of nitrogens with one attached hydrogen (secondary N) is 1. The van der Waals surface area contributed by atoms with E-state index in [1.165, 1.54) is 12.4 Å².